The Bertz CT molecular complexity index is 347. The highest BCUT2D eigenvalue weighted by Gasteiger charge is 2.16. The van der Waals surface area contributed by atoms with E-state index in [1.165, 1.54) is 18.2 Å². The molecule has 0 aliphatic rings. The van der Waals surface area contributed by atoms with Gasteiger partial charge in [-0.05, 0) is 23.1 Å². The van der Waals surface area contributed by atoms with Crippen LogP contribution in [0.3, 0.4) is 0 Å². The van der Waals surface area contributed by atoms with Crippen molar-refractivity contribution in [3.8, 4) is 6.07 Å². The van der Waals surface area contributed by atoms with Gasteiger partial charge in [0.1, 0.15) is 0 Å². The molecule has 0 aliphatic carbocycles. The van der Waals surface area contributed by atoms with Gasteiger partial charge in [-0.1, -0.05) is 12.9 Å². The van der Waals surface area contributed by atoms with Crippen LogP contribution in [0.15, 0.2) is 18.2 Å². The first-order valence-electron chi connectivity index (χ1n) is 4.13. The fourth-order valence-corrected chi connectivity index (χ4v) is 1.13. The van der Waals surface area contributed by atoms with Crippen molar-refractivity contribution < 1.29 is 15.1 Å². The Morgan fingerprint density at radius 3 is 2.14 bits per heavy atom. The van der Waals surface area contributed by atoms with E-state index >= 15 is 0 Å². The predicted molar refractivity (Wildman–Crippen MR) is 54.5 cm³/mol. The number of nitrogens with zero attached hydrogens (tertiary/aromatic N) is 1. The summed E-state index contributed by atoms with van der Waals surface area (Å²) < 4.78 is 0. The zero-order valence-corrected chi connectivity index (χ0v) is 7.68. The summed E-state index contributed by atoms with van der Waals surface area (Å²) in [7, 11) is -1.62. The van der Waals surface area contributed by atoms with Crippen molar-refractivity contribution in [2.75, 3.05) is 0 Å². The molecule has 0 aliphatic heterocycles. The van der Waals surface area contributed by atoms with Gasteiger partial charge in [-0.2, -0.15) is 5.26 Å². The normalized spacial score (nSPS) is 9.36. The van der Waals surface area contributed by atoms with Gasteiger partial charge in [-0.3, -0.25) is 0 Å². The summed E-state index contributed by atoms with van der Waals surface area (Å²) in [6.45, 7) is 0.810. The molecule has 0 aromatic heterocycles. The smallest absolute Gasteiger partial charge is 0.447 e. The Hall–Kier alpha value is -1.28. The van der Waals surface area contributed by atoms with Crippen molar-refractivity contribution in [2.24, 2.45) is 0 Å². The Morgan fingerprint density at radius 2 is 1.71 bits per heavy atom. The van der Waals surface area contributed by atoms with Gasteiger partial charge in [-0.25, -0.2) is 0 Å². The highest BCUT2D eigenvalue weighted by molar-refractivity contribution is 6.66. The van der Waals surface area contributed by atoms with Crippen molar-refractivity contribution in [2.45, 2.75) is 6.82 Å². The molecule has 3 N–H and O–H groups in total. The van der Waals surface area contributed by atoms with Crippen LogP contribution in [0.5, 0.6) is 0 Å². The Labute approximate surface area is 82.7 Å². The summed E-state index contributed by atoms with van der Waals surface area (Å²) in [5, 5.41) is 35.8. The molecule has 4 nitrogen and oxygen atoms in total. The molecule has 0 saturated carbocycles. The van der Waals surface area contributed by atoms with Gasteiger partial charge in [0.15, 0.2) is 0 Å². The van der Waals surface area contributed by atoms with Crippen molar-refractivity contribution in [3.63, 3.8) is 0 Å². The first-order chi connectivity index (χ1) is 6.54. The van der Waals surface area contributed by atoms with Crippen LogP contribution in [-0.4, -0.2) is 29.1 Å². The molecule has 70 valence electrons. The highest BCUT2D eigenvalue weighted by atomic mass is 16.4. The summed E-state index contributed by atoms with van der Waals surface area (Å²) in [6, 6.07) is 6.22. The highest BCUT2D eigenvalue weighted by Crippen LogP contribution is 1.94. The first-order valence-corrected chi connectivity index (χ1v) is 4.13. The van der Waals surface area contributed by atoms with E-state index in [1.54, 1.807) is 6.82 Å². The van der Waals surface area contributed by atoms with E-state index < -0.39 is 14.0 Å². The van der Waals surface area contributed by atoms with Gasteiger partial charge in [0.05, 0.1) is 11.6 Å². The monoisotopic (exact) mass is 189 g/mol. The Morgan fingerprint density at radius 1 is 1.14 bits per heavy atom. The molecule has 6 heteroatoms. The molecule has 1 aromatic carbocycles. The molecule has 1 rings (SSSR count). The summed E-state index contributed by atoms with van der Waals surface area (Å²) >= 11 is 0. The minimum Gasteiger partial charge on any atom is -0.447 e. The molecule has 0 amide bonds. The molecule has 0 saturated heterocycles. The standard InChI is InChI=1S/C8H9B2NO3/c1-9(12)7-2-6(5-11)3-8(4-7)10(13)14/h2-4,12-14H,1H3. The second-order valence-corrected chi connectivity index (χ2v) is 3.05. The molecule has 0 unspecified atom stereocenters. The summed E-state index contributed by atoms with van der Waals surface area (Å²) in [5.41, 5.74) is 0.999. The largest absolute Gasteiger partial charge is 0.488 e. The molecule has 0 fully saturated rings. The van der Waals surface area contributed by atoms with Gasteiger partial charge in [-0.15, -0.1) is 0 Å². The van der Waals surface area contributed by atoms with Crippen LogP contribution in [-0.2, 0) is 0 Å². The predicted octanol–water partition coefficient (Wildman–Crippen LogP) is -1.94. The molecule has 0 spiro atoms. The van der Waals surface area contributed by atoms with E-state index in [2.05, 4.69) is 0 Å². The van der Waals surface area contributed by atoms with E-state index in [9.17, 15) is 5.02 Å². The third-order valence-corrected chi connectivity index (χ3v) is 1.89. The van der Waals surface area contributed by atoms with Crippen LogP contribution in [0.25, 0.3) is 0 Å². The maximum atomic E-state index is 9.28. The van der Waals surface area contributed by atoms with Gasteiger partial charge in [0.2, 0.25) is 0 Å². The minimum atomic E-state index is -1.62. The van der Waals surface area contributed by atoms with Crippen LogP contribution in [0.1, 0.15) is 5.56 Å². The van der Waals surface area contributed by atoms with E-state index in [4.69, 9.17) is 15.3 Å². The van der Waals surface area contributed by atoms with Gasteiger partial charge in [0, 0.05) is 0 Å². The van der Waals surface area contributed by atoms with Crippen molar-refractivity contribution >= 4 is 25.0 Å². The maximum Gasteiger partial charge on any atom is 0.488 e. The van der Waals surface area contributed by atoms with E-state index in [-0.39, 0.29) is 5.46 Å². The van der Waals surface area contributed by atoms with Crippen LogP contribution < -0.4 is 10.9 Å². The number of nitriles is 1. The van der Waals surface area contributed by atoms with Crippen LogP contribution in [0.4, 0.5) is 0 Å². The lowest BCUT2D eigenvalue weighted by molar-refractivity contribution is 0.426. The fourth-order valence-electron chi connectivity index (χ4n) is 1.13. The van der Waals surface area contributed by atoms with Gasteiger partial charge < -0.3 is 15.1 Å². The number of hydrogen-bond donors (Lipinski definition) is 3. The second-order valence-electron chi connectivity index (χ2n) is 3.05. The lowest BCUT2D eigenvalue weighted by atomic mass is 9.62. The lowest BCUT2D eigenvalue weighted by Crippen LogP contribution is -2.37. The fraction of sp³-hybridized carbons (Fsp3) is 0.125. The van der Waals surface area contributed by atoms with Crippen molar-refractivity contribution in [1.29, 1.82) is 5.26 Å². The molecule has 1 aromatic rings. The molecule has 0 bridgehead atoms. The lowest BCUT2D eigenvalue weighted by Gasteiger charge is -2.05. The summed E-state index contributed by atoms with van der Waals surface area (Å²) in [5.74, 6) is 0. The zero-order chi connectivity index (χ0) is 10.7. The average Bonchev–Trinajstić information content (AvgIpc) is 2.16. The Balaban J connectivity index is 3.22. The van der Waals surface area contributed by atoms with Crippen LogP contribution in [0.2, 0.25) is 6.82 Å². The summed E-state index contributed by atoms with van der Waals surface area (Å²) in [4.78, 5) is 0. The van der Waals surface area contributed by atoms with Gasteiger partial charge >= 0.3 is 14.0 Å². The van der Waals surface area contributed by atoms with E-state index in [1.807, 2.05) is 6.07 Å². The SMILES string of the molecule is CB(O)c1cc(C#N)cc(B(O)O)c1. The third kappa shape index (κ3) is 2.36. The van der Waals surface area contributed by atoms with Crippen molar-refractivity contribution in [1.82, 2.24) is 0 Å². The van der Waals surface area contributed by atoms with Crippen molar-refractivity contribution in [3.05, 3.63) is 23.8 Å². The second kappa shape index (κ2) is 4.29. The number of rotatable bonds is 2. The topological polar surface area (TPSA) is 84.5 Å². The van der Waals surface area contributed by atoms with Crippen LogP contribution in [0, 0.1) is 11.3 Å². The first kappa shape index (κ1) is 10.8. The molecule has 0 atom stereocenters. The Kier molecular flexibility index (Phi) is 3.31. The zero-order valence-electron chi connectivity index (χ0n) is 7.68. The van der Waals surface area contributed by atoms with E-state index in [0.29, 0.717) is 11.0 Å². The maximum absolute atomic E-state index is 9.28. The summed E-state index contributed by atoms with van der Waals surface area (Å²) in [6.07, 6.45) is 0. The van der Waals surface area contributed by atoms with Crippen LogP contribution >= 0.6 is 0 Å². The van der Waals surface area contributed by atoms with E-state index in [0.717, 1.165) is 0 Å². The molecule has 0 radical (unpaired) electrons. The molecule has 0 heterocycles. The number of benzene rings is 1. The minimum absolute atomic E-state index is 0.208. The molecule has 14 heavy (non-hydrogen) atoms. The molecular weight excluding hydrogens is 180 g/mol. The van der Waals surface area contributed by atoms with Gasteiger partial charge in [0.25, 0.3) is 0 Å². The molecular formula is C8H9B2NO3. The average molecular weight is 189 g/mol. The quantitative estimate of drug-likeness (QED) is 0.472. The number of hydrogen-bond acceptors (Lipinski definition) is 4. The third-order valence-electron chi connectivity index (χ3n) is 1.89.